The lowest BCUT2D eigenvalue weighted by Gasteiger charge is -2.54. The van der Waals surface area contributed by atoms with Crippen molar-refractivity contribution in [3.8, 4) is 11.1 Å². The smallest absolute Gasteiger partial charge is 0.238 e. The lowest BCUT2D eigenvalue weighted by Crippen LogP contribution is -2.65. The summed E-state index contributed by atoms with van der Waals surface area (Å²) >= 11 is 1.57. The Morgan fingerprint density at radius 1 is 1.13 bits per heavy atom. The molecule has 1 aliphatic rings. The summed E-state index contributed by atoms with van der Waals surface area (Å²) in [6, 6.07) is 17.5. The minimum atomic E-state index is 0.0899. The molecule has 3 rings (SSSR count). The number of nitrogens with zero attached hydrogens (tertiary/aromatic N) is 2. The molecule has 0 aliphatic carbocycles. The summed E-state index contributed by atoms with van der Waals surface area (Å²) in [4.78, 5) is 14.8. The van der Waals surface area contributed by atoms with Gasteiger partial charge in [-0.3, -0.25) is 4.79 Å². The van der Waals surface area contributed by atoms with E-state index in [1.54, 1.807) is 19.1 Å². The van der Waals surface area contributed by atoms with Gasteiger partial charge in [-0.2, -0.15) is 0 Å². The van der Waals surface area contributed by atoms with E-state index in [1.165, 1.54) is 22.3 Å². The summed E-state index contributed by atoms with van der Waals surface area (Å²) in [5.74, 6) is 0.466. The summed E-state index contributed by atoms with van der Waals surface area (Å²) in [5.41, 5.74) is 5.04. The number of amides is 1. The van der Waals surface area contributed by atoms with Crippen LogP contribution in [0.2, 0.25) is 0 Å². The van der Waals surface area contributed by atoms with E-state index in [0.717, 1.165) is 0 Å². The van der Waals surface area contributed by atoms with Gasteiger partial charge in [0.25, 0.3) is 0 Å². The Labute approximate surface area is 186 Å². The minimum Gasteiger partial charge on any atom is -0.383 e. The highest BCUT2D eigenvalue weighted by Gasteiger charge is 2.48. The second kappa shape index (κ2) is 11.5. The van der Waals surface area contributed by atoms with Crippen LogP contribution in [-0.4, -0.2) is 60.8 Å². The lowest BCUT2D eigenvalue weighted by atomic mass is 9.75. The van der Waals surface area contributed by atoms with Gasteiger partial charge in [0.05, 0.1) is 19.2 Å². The molecule has 30 heavy (non-hydrogen) atoms. The van der Waals surface area contributed by atoms with Crippen LogP contribution in [0.5, 0.6) is 0 Å². The molecule has 1 amide bonds. The Morgan fingerprint density at radius 3 is 2.33 bits per heavy atom. The SMILES string of the molecule is CC.COC[C@@H]1C(c2ccc(-c3ccccc3C)cc2)[C@H](C)N1C(=O)CN(C)SC. The molecule has 0 bridgehead atoms. The Bertz CT molecular complexity index is 809. The van der Waals surface area contributed by atoms with Gasteiger partial charge in [-0.05, 0) is 49.4 Å². The van der Waals surface area contributed by atoms with Gasteiger partial charge >= 0.3 is 0 Å². The number of carbonyl (C=O) groups excluding carboxylic acids is 1. The van der Waals surface area contributed by atoms with Crippen LogP contribution in [0.4, 0.5) is 0 Å². The third-order valence-corrected chi connectivity index (χ3v) is 6.53. The molecule has 3 atom stereocenters. The van der Waals surface area contributed by atoms with E-state index in [1.807, 2.05) is 36.4 Å². The molecule has 0 aromatic heterocycles. The van der Waals surface area contributed by atoms with Crippen LogP contribution in [-0.2, 0) is 9.53 Å². The predicted molar refractivity (Wildman–Crippen MR) is 129 cm³/mol. The molecule has 1 aliphatic heterocycles. The molecular weight excluding hydrogens is 392 g/mol. The van der Waals surface area contributed by atoms with Crippen molar-refractivity contribution in [3.05, 3.63) is 59.7 Å². The maximum atomic E-state index is 12.8. The molecule has 0 saturated carbocycles. The molecule has 2 aromatic rings. The number of methoxy groups -OCH3 is 1. The highest BCUT2D eigenvalue weighted by Crippen LogP contribution is 2.41. The molecule has 1 unspecified atom stereocenters. The average Bonchev–Trinajstić information content (AvgIpc) is 2.76. The molecule has 1 saturated heterocycles. The van der Waals surface area contributed by atoms with Crippen LogP contribution in [0, 0.1) is 6.92 Å². The fraction of sp³-hybridized carbons (Fsp3) is 0.480. The van der Waals surface area contributed by atoms with Gasteiger partial charge in [0.2, 0.25) is 5.91 Å². The number of hydrogen-bond donors (Lipinski definition) is 0. The second-order valence-electron chi connectivity index (χ2n) is 7.50. The van der Waals surface area contributed by atoms with E-state index in [2.05, 4.69) is 62.4 Å². The molecule has 5 heteroatoms. The average molecular weight is 429 g/mol. The fourth-order valence-electron chi connectivity index (χ4n) is 4.25. The minimum absolute atomic E-state index is 0.0899. The van der Waals surface area contributed by atoms with Crippen LogP contribution >= 0.6 is 11.9 Å². The molecule has 2 aromatic carbocycles. The standard InChI is InChI=1S/C23H30N2O2S.C2H6/c1-16-8-6-7-9-20(16)18-10-12-19(13-11-18)23-17(2)25(21(23)15-27-4)22(26)14-24(3)28-5;1-2/h6-13,17,21,23H,14-15H2,1-5H3;1-2H3/t17-,21+,23?;/m0./s1. The van der Waals surface area contributed by atoms with Gasteiger partial charge in [0.15, 0.2) is 0 Å². The number of aryl methyl sites for hydroxylation is 1. The van der Waals surface area contributed by atoms with E-state index in [0.29, 0.717) is 19.1 Å². The van der Waals surface area contributed by atoms with Crippen molar-refractivity contribution in [2.45, 2.75) is 45.7 Å². The Balaban J connectivity index is 0.00000155. The van der Waals surface area contributed by atoms with E-state index in [9.17, 15) is 4.79 Å². The van der Waals surface area contributed by atoms with Crippen molar-refractivity contribution in [2.24, 2.45) is 0 Å². The normalized spacial score (nSPS) is 20.4. The molecule has 1 heterocycles. The first kappa shape index (κ1) is 24.4. The molecule has 0 radical (unpaired) electrons. The van der Waals surface area contributed by atoms with Crippen molar-refractivity contribution >= 4 is 17.9 Å². The summed E-state index contributed by atoms with van der Waals surface area (Å²) in [5, 5.41) is 0. The van der Waals surface area contributed by atoms with Crippen LogP contribution in [0.25, 0.3) is 11.1 Å². The van der Waals surface area contributed by atoms with Gasteiger partial charge < -0.3 is 9.64 Å². The third-order valence-electron chi connectivity index (χ3n) is 5.78. The first-order valence-electron chi connectivity index (χ1n) is 10.7. The largest absolute Gasteiger partial charge is 0.383 e. The maximum absolute atomic E-state index is 12.8. The second-order valence-corrected chi connectivity index (χ2v) is 8.48. The molecular formula is C25H36N2O2S. The summed E-state index contributed by atoms with van der Waals surface area (Å²) in [6.07, 6.45) is 1.98. The van der Waals surface area contributed by atoms with Crippen molar-refractivity contribution in [3.63, 3.8) is 0 Å². The maximum Gasteiger partial charge on any atom is 0.238 e. The highest BCUT2D eigenvalue weighted by molar-refractivity contribution is 7.96. The highest BCUT2D eigenvalue weighted by atomic mass is 32.2. The van der Waals surface area contributed by atoms with Crippen molar-refractivity contribution in [2.75, 3.05) is 33.6 Å². The van der Waals surface area contributed by atoms with E-state index < -0.39 is 0 Å². The molecule has 164 valence electrons. The molecule has 0 N–H and O–H groups in total. The van der Waals surface area contributed by atoms with Gasteiger partial charge in [-0.15, -0.1) is 0 Å². The van der Waals surface area contributed by atoms with Crippen LogP contribution in [0.3, 0.4) is 0 Å². The van der Waals surface area contributed by atoms with Gasteiger partial charge in [0, 0.05) is 19.1 Å². The Kier molecular flexibility index (Phi) is 9.40. The summed E-state index contributed by atoms with van der Waals surface area (Å²) in [6.45, 7) is 9.26. The number of carbonyl (C=O) groups is 1. The first-order chi connectivity index (χ1) is 14.5. The summed E-state index contributed by atoms with van der Waals surface area (Å²) in [7, 11) is 3.65. The number of likely N-dealkylation sites (tertiary alicyclic amines) is 1. The zero-order chi connectivity index (χ0) is 22.3. The lowest BCUT2D eigenvalue weighted by molar-refractivity contribution is -0.149. The zero-order valence-electron chi connectivity index (χ0n) is 19.4. The van der Waals surface area contributed by atoms with Crippen LogP contribution < -0.4 is 0 Å². The monoisotopic (exact) mass is 428 g/mol. The van der Waals surface area contributed by atoms with Gasteiger partial charge in [-0.25, -0.2) is 4.31 Å². The molecule has 1 fully saturated rings. The predicted octanol–water partition coefficient (Wildman–Crippen LogP) is 5.23. The number of likely N-dealkylation sites (N-methyl/N-ethyl adjacent to an activating group) is 1. The van der Waals surface area contributed by atoms with Crippen LogP contribution in [0.15, 0.2) is 48.5 Å². The number of benzene rings is 2. The molecule has 0 spiro atoms. The zero-order valence-corrected chi connectivity index (χ0v) is 20.2. The Hall–Kier alpha value is -1.82. The first-order valence-corrected chi connectivity index (χ1v) is 11.9. The van der Waals surface area contributed by atoms with Crippen molar-refractivity contribution < 1.29 is 9.53 Å². The summed E-state index contributed by atoms with van der Waals surface area (Å²) < 4.78 is 7.42. The van der Waals surface area contributed by atoms with Crippen LogP contribution in [0.1, 0.15) is 37.8 Å². The quantitative estimate of drug-likeness (QED) is 0.566. The number of rotatable bonds is 7. The third kappa shape index (κ3) is 5.26. The van der Waals surface area contributed by atoms with Gasteiger partial charge in [0.1, 0.15) is 0 Å². The van der Waals surface area contributed by atoms with Crippen molar-refractivity contribution in [1.82, 2.24) is 9.21 Å². The van der Waals surface area contributed by atoms with E-state index in [-0.39, 0.29) is 18.0 Å². The number of hydrogen-bond acceptors (Lipinski definition) is 4. The van der Waals surface area contributed by atoms with Gasteiger partial charge in [-0.1, -0.05) is 74.3 Å². The van der Waals surface area contributed by atoms with Crippen molar-refractivity contribution in [1.29, 1.82) is 0 Å². The van der Waals surface area contributed by atoms with E-state index in [4.69, 9.17) is 4.74 Å². The Morgan fingerprint density at radius 2 is 1.77 bits per heavy atom. The fourth-order valence-corrected chi connectivity index (χ4v) is 4.49. The molecule has 4 nitrogen and oxygen atoms in total. The number of ether oxygens (including phenoxy) is 1. The topological polar surface area (TPSA) is 32.8 Å². The van der Waals surface area contributed by atoms with E-state index >= 15 is 0 Å².